The number of benzene rings is 2. The summed E-state index contributed by atoms with van der Waals surface area (Å²) in [4.78, 5) is 4.94. The van der Waals surface area contributed by atoms with Crippen LogP contribution < -0.4 is 0 Å². The number of pyridine rings is 1. The largest absolute Gasteiger partial charge is 0.296 e. The lowest BCUT2D eigenvalue weighted by molar-refractivity contribution is 0.769. The first-order chi connectivity index (χ1) is 11.2. The lowest BCUT2D eigenvalue weighted by Crippen LogP contribution is -1.98. The molecule has 0 fully saturated rings. The highest BCUT2D eigenvalue weighted by Crippen LogP contribution is 2.32. The minimum Gasteiger partial charge on any atom is -0.296 e. The van der Waals surface area contributed by atoms with E-state index >= 15 is 0 Å². The van der Waals surface area contributed by atoms with Crippen LogP contribution in [0, 0.1) is 13.8 Å². The van der Waals surface area contributed by atoms with E-state index in [1.165, 1.54) is 45.8 Å². The number of hydrogen-bond acceptors (Lipinski definition) is 1. The highest BCUT2D eigenvalue weighted by Gasteiger charge is 2.15. The molecule has 0 amide bonds. The number of unbranched alkanes of at least 4 members (excludes halogenated alkanes) is 1. The van der Waals surface area contributed by atoms with Crippen LogP contribution in [0.4, 0.5) is 0 Å². The average Bonchev–Trinajstić information content (AvgIpc) is 2.89. The monoisotopic (exact) mass is 302 g/mol. The van der Waals surface area contributed by atoms with Gasteiger partial charge in [-0.25, -0.2) is 4.98 Å². The van der Waals surface area contributed by atoms with Crippen molar-refractivity contribution in [3.05, 3.63) is 59.4 Å². The van der Waals surface area contributed by atoms with Crippen molar-refractivity contribution < 1.29 is 0 Å². The third-order valence-corrected chi connectivity index (χ3v) is 4.79. The Morgan fingerprint density at radius 1 is 0.957 bits per heavy atom. The topological polar surface area (TPSA) is 17.3 Å². The number of rotatable bonds is 3. The second-order valence-corrected chi connectivity index (χ2v) is 6.47. The van der Waals surface area contributed by atoms with E-state index in [1.807, 2.05) is 0 Å². The van der Waals surface area contributed by atoms with Crippen molar-refractivity contribution in [2.45, 2.75) is 40.0 Å². The smallest absolute Gasteiger partial charge is 0.145 e. The summed E-state index contributed by atoms with van der Waals surface area (Å²) in [5, 5.41) is 3.85. The summed E-state index contributed by atoms with van der Waals surface area (Å²) in [5.41, 5.74) is 6.20. The molecule has 0 saturated heterocycles. The SMILES string of the molecule is CCCCc1c(C)nc2c3ccccc3c3ccc(C)cc3n12. The van der Waals surface area contributed by atoms with Crippen LogP contribution in [-0.2, 0) is 6.42 Å². The van der Waals surface area contributed by atoms with E-state index in [4.69, 9.17) is 4.98 Å². The number of fused-ring (bicyclic) bond motifs is 6. The normalized spacial score (nSPS) is 11.8. The third-order valence-electron chi connectivity index (χ3n) is 4.79. The second-order valence-electron chi connectivity index (χ2n) is 6.47. The minimum atomic E-state index is 1.09. The molecule has 2 nitrogen and oxygen atoms in total. The Morgan fingerprint density at radius 2 is 1.74 bits per heavy atom. The van der Waals surface area contributed by atoms with Crippen molar-refractivity contribution in [3.8, 4) is 0 Å². The molecule has 2 heteroatoms. The molecule has 0 atom stereocenters. The summed E-state index contributed by atoms with van der Waals surface area (Å²) in [5.74, 6) is 0. The predicted octanol–water partition coefficient (Wildman–Crippen LogP) is 5.60. The molecule has 2 heterocycles. The molecule has 0 aliphatic heterocycles. The van der Waals surface area contributed by atoms with Gasteiger partial charge in [-0.3, -0.25) is 4.40 Å². The fraction of sp³-hybridized carbons (Fsp3) is 0.286. The molecule has 2 aromatic carbocycles. The maximum absolute atomic E-state index is 4.94. The molecule has 4 aromatic rings. The number of imidazole rings is 1. The van der Waals surface area contributed by atoms with E-state index in [0.717, 1.165) is 17.8 Å². The summed E-state index contributed by atoms with van der Waals surface area (Å²) in [6.07, 6.45) is 3.50. The van der Waals surface area contributed by atoms with E-state index in [-0.39, 0.29) is 0 Å². The molecule has 0 saturated carbocycles. The zero-order valence-corrected chi connectivity index (χ0v) is 14.1. The van der Waals surface area contributed by atoms with Crippen molar-refractivity contribution in [2.75, 3.05) is 0 Å². The van der Waals surface area contributed by atoms with E-state index in [0.29, 0.717) is 0 Å². The molecule has 0 unspecified atom stereocenters. The number of nitrogens with zero attached hydrogens (tertiary/aromatic N) is 2. The molecule has 0 bridgehead atoms. The minimum absolute atomic E-state index is 1.09. The van der Waals surface area contributed by atoms with Gasteiger partial charge in [0.05, 0.1) is 11.2 Å². The Labute approximate surface area is 136 Å². The van der Waals surface area contributed by atoms with Crippen molar-refractivity contribution in [1.82, 2.24) is 9.38 Å². The van der Waals surface area contributed by atoms with Crippen LogP contribution in [0.2, 0.25) is 0 Å². The summed E-state index contributed by atoms with van der Waals surface area (Å²) >= 11 is 0. The van der Waals surface area contributed by atoms with Gasteiger partial charge in [-0.15, -0.1) is 0 Å². The van der Waals surface area contributed by atoms with Crippen LogP contribution in [0.1, 0.15) is 36.7 Å². The van der Waals surface area contributed by atoms with Gasteiger partial charge in [0, 0.05) is 16.5 Å². The van der Waals surface area contributed by atoms with Crippen molar-refractivity contribution >= 4 is 27.3 Å². The molecule has 2 aromatic heterocycles. The Balaban J connectivity index is 2.24. The lowest BCUT2D eigenvalue weighted by atomic mass is 10.0. The predicted molar refractivity (Wildman–Crippen MR) is 98.3 cm³/mol. The number of aromatic nitrogens is 2. The fourth-order valence-electron chi connectivity index (χ4n) is 3.61. The van der Waals surface area contributed by atoms with Crippen molar-refractivity contribution in [1.29, 1.82) is 0 Å². The van der Waals surface area contributed by atoms with Gasteiger partial charge in [0.25, 0.3) is 0 Å². The zero-order valence-electron chi connectivity index (χ0n) is 14.1. The lowest BCUT2D eigenvalue weighted by Gasteiger charge is -2.11. The number of hydrogen-bond donors (Lipinski definition) is 0. The Bertz CT molecular complexity index is 1020. The van der Waals surface area contributed by atoms with Crippen molar-refractivity contribution in [3.63, 3.8) is 0 Å². The van der Waals surface area contributed by atoms with Gasteiger partial charge < -0.3 is 0 Å². The quantitative estimate of drug-likeness (QED) is 0.450. The van der Waals surface area contributed by atoms with Gasteiger partial charge in [-0.1, -0.05) is 49.7 Å². The number of aryl methyl sites for hydroxylation is 3. The highest BCUT2D eigenvalue weighted by molar-refractivity contribution is 6.11. The van der Waals surface area contributed by atoms with Crippen LogP contribution in [0.3, 0.4) is 0 Å². The molecule has 0 N–H and O–H groups in total. The van der Waals surface area contributed by atoms with Gasteiger partial charge >= 0.3 is 0 Å². The van der Waals surface area contributed by atoms with Crippen molar-refractivity contribution in [2.24, 2.45) is 0 Å². The molecule has 4 rings (SSSR count). The summed E-state index contributed by atoms with van der Waals surface area (Å²) in [7, 11) is 0. The molecule has 23 heavy (non-hydrogen) atoms. The standard InChI is InChI=1S/C21H22N2/c1-4-5-10-19-15(3)22-21-18-9-7-6-8-16(18)17-12-11-14(2)13-20(17)23(19)21/h6-9,11-13H,4-5,10H2,1-3H3. The Kier molecular flexibility index (Phi) is 3.33. The van der Waals surface area contributed by atoms with Gasteiger partial charge in [0.15, 0.2) is 0 Å². The first-order valence-corrected chi connectivity index (χ1v) is 8.49. The van der Waals surface area contributed by atoms with E-state index in [1.54, 1.807) is 0 Å². The van der Waals surface area contributed by atoms with E-state index in [9.17, 15) is 0 Å². The van der Waals surface area contributed by atoms with Crippen LogP contribution in [0.15, 0.2) is 42.5 Å². The van der Waals surface area contributed by atoms with Gasteiger partial charge in [0.1, 0.15) is 5.65 Å². The summed E-state index contributed by atoms with van der Waals surface area (Å²) in [6.45, 7) is 6.56. The Morgan fingerprint density at radius 3 is 2.52 bits per heavy atom. The molecule has 0 spiro atoms. The van der Waals surface area contributed by atoms with Gasteiger partial charge in [0.2, 0.25) is 0 Å². The van der Waals surface area contributed by atoms with E-state index in [2.05, 4.69) is 67.6 Å². The van der Waals surface area contributed by atoms with E-state index < -0.39 is 0 Å². The molecular weight excluding hydrogens is 280 g/mol. The van der Waals surface area contributed by atoms with Gasteiger partial charge in [-0.2, -0.15) is 0 Å². The van der Waals surface area contributed by atoms with Crippen LogP contribution in [0.5, 0.6) is 0 Å². The molecule has 0 radical (unpaired) electrons. The molecule has 116 valence electrons. The van der Waals surface area contributed by atoms with Crippen LogP contribution in [0.25, 0.3) is 27.3 Å². The molecular formula is C21H22N2. The second kappa shape index (κ2) is 5.38. The van der Waals surface area contributed by atoms with Crippen LogP contribution >= 0.6 is 0 Å². The maximum atomic E-state index is 4.94. The average molecular weight is 302 g/mol. The molecule has 0 aliphatic rings. The Hall–Kier alpha value is -2.35. The third kappa shape index (κ3) is 2.13. The first kappa shape index (κ1) is 14.3. The summed E-state index contributed by atoms with van der Waals surface area (Å²) in [6, 6.07) is 15.4. The highest BCUT2D eigenvalue weighted by atomic mass is 15.0. The first-order valence-electron chi connectivity index (χ1n) is 8.49. The zero-order chi connectivity index (χ0) is 16.0. The maximum Gasteiger partial charge on any atom is 0.145 e. The fourth-order valence-corrected chi connectivity index (χ4v) is 3.61. The van der Waals surface area contributed by atoms with Gasteiger partial charge in [-0.05, 0) is 43.7 Å². The molecule has 0 aliphatic carbocycles. The van der Waals surface area contributed by atoms with Crippen LogP contribution in [-0.4, -0.2) is 9.38 Å². The summed E-state index contributed by atoms with van der Waals surface area (Å²) < 4.78 is 2.40.